The van der Waals surface area contributed by atoms with Gasteiger partial charge in [-0.3, -0.25) is 14.7 Å². The van der Waals surface area contributed by atoms with Crippen molar-refractivity contribution in [3.05, 3.63) is 63.8 Å². The van der Waals surface area contributed by atoms with Gasteiger partial charge < -0.3 is 14.2 Å². The first-order chi connectivity index (χ1) is 14.5. The fourth-order valence-corrected chi connectivity index (χ4v) is 5.22. The molecule has 2 aromatic carbocycles. The molecule has 2 aliphatic rings. The summed E-state index contributed by atoms with van der Waals surface area (Å²) in [5.41, 5.74) is 2.10. The van der Waals surface area contributed by atoms with E-state index in [1.807, 2.05) is 24.4 Å². The Morgan fingerprint density at radius 3 is 2.47 bits per heavy atom. The average molecular weight is 443 g/mol. The maximum atomic E-state index is 13.2. The predicted octanol–water partition coefficient (Wildman–Crippen LogP) is 5.00. The van der Waals surface area contributed by atoms with Gasteiger partial charge in [-0.1, -0.05) is 38.4 Å². The van der Waals surface area contributed by atoms with Crippen LogP contribution in [0.15, 0.2) is 52.6 Å². The second kappa shape index (κ2) is 8.21. The topological polar surface area (TPSA) is 78.8 Å². The fourth-order valence-electron chi connectivity index (χ4n) is 3.02. The van der Waals surface area contributed by atoms with Crippen LogP contribution in [0.2, 0.25) is 0 Å². The summed E-state index contributed by atoms with van der Waals surface area (Å²) in [6.45, 7) is 1.94. The molecular formula is C21H18N2O5S2. The van der Waals surface area contributed by atoms with E-state index in [9.17, 15) is 9.59 Å². The highest BCUT2D eigenvalue weighted by atomic mass is 32.9. The van der Waals surface area contributed by atoms with E-state index in [4.69, 9.17) is 14.2 Å². The number of hydrogen-bond donors (Lipinski definition) is 1. The molecule has 1 amide bonds. The van der Waals surface area contributed by atoms with Crippen LogP contribution in [0.4, 0.5) is 10.5 Å². The van der Waals surface area contributed by atoms with Crippen LogP contribution in [0.5, 0.6) is 17.2 Å². The van der Waals surface area contributed by atoms with Gasteiger partial charge in [-0.25, -0.2) is 4.79 Å². The molecule has 30 heavy (non-hydrogen) atoms. The molecule has 0 unspecified atom stereocenters. The van der Waals surface area contributed by atoms with Crippen molar-refractivity contribution < 1.29 is 19.0 Å². The van der Waals surface area contributed by atoms with Gasteiger partial charge in [0.15, 0.2) is 0 Å². The van der Waals surface area contributed by atoms with E-state index in [1.165, 1.54) is 32.4 Å². The van der Waals surface area contributed by atoms with Crippen molar-refractivity contribution in [2.75, 3.05) is 19.5 Å². The minimum absolute atomic E-state index is 0.172. The van der Waals surface area contributed by atoms with Gasteiger partial charge in [-0.2, -0.15) is 0 Å². The van der Waals surface area contributed by atoms with Crippen molar-refractivity contribution in [1.82, 2.24) is 4.57 Å². The van der Waals surface area contributed by atoms with Gasteiger partial charge >= 0.3 is 6.09 Å². The molecule has 0 saturated heterocycles. The molecule has 0 spiro atoms. The number of hydrogen-bond acceptors (Lipinski definition) is 7. The minimum Gasteiger partial charge on any atom is -0.497 e. The summed E-state index contributed by atoms with van der Waals surface area (Å²) < 4.78 is 17.5. The minimum atomic E-state index is -0.727. The number of anilines is 1. The second-order valence-electron chi connectivity index (χ2n) is 6.39. The van der Waals surface area contributed by atoms with E-state index in [0.717, 1.165) is 5.56 Å². The van der Waals surface area contributed by atoms with Crippen molar-refractivity contribution in [3.63, 3.8) is 0 Å². The second-order valence-corrected chi connectivity index (χ2v) is 8.47. The molecule has 0 fully saturated rings. The number of aryl methyl sites for hydroxylation is 1. The monoisotopic (exact) mass is 442 g/mol. The number of fused-ring (bicyclic) bond motifs is 1. The molecule has 1 N–H and O–H groups in total. The maximum absolute atomic E-state index is 13.2. The number of carbonyl (C=O) groups excluding carboxylic acids is 1. The van der Waals surface area contributed by atoms with Crippen molar-refractivity contribution in [2.45, 2.75) is 6.92 Å². The number of rotatable bonds is 5. The van der Waals surface area contributed by atoms with Crippen LogP contribution in [-0.2, 0) is 0 Å². The largest absolute Gasteiger partial charge is 0.497 e. The van der Waals surface area contributed by atoms with E-state index >= 15 is 0 Å². The number of aromatic nitrogens is 1. The molecule has 154 valence electrons. The summed E-state index contributed by atoms with van der Waals surface area (Å²) in [4.78, 5) is 26.3. The quantitative estimate of drug-likeness (QED) is 0.440. The van der Waals surface area contributed by atoms with Crippen molar-refractivity contribution >= 4 is 32.5 Å². The lowest BCUT2D eigenvalue weighted by atomic mass is 10.2. The first kappa shape index (κ1) is 20.0. The van der Waals surface area contributed by atoms with E-state index < -0.39 is 6.09 Å². The zero-order valence-electron chi connectivity index (χ0n) is 16.4. The predicted molar refractivity (Wildman–Crippen MR) is 118 cm³/mol. The van der Waals surface area contributed by atoms with Crippen LogP contribution in [0.3, 0.4) is 0 Å². The third kappa shape index (κ3) is 3.64. The van der Waals surface area contributed by atoms with E-state index in [-0.39, 0.29) is 11.2 Å². The van der Waals surface area contributed by atoms with Crippen LogP contribution in [-0.4, -0.2) is 24.9 Å². The zero-order valence-corrected chi connectivity index (χ0v) is 18.1. The molecule has 2 aromatic rings. The van der Waals surface area contributed by atoms with Crippen LogP contribution < -0.4 is 25.1 Å². The molecule has 2 aliphatic heterocycles. The number of benzene rings is 2. The van der Waals surface area contributed by atoms with Gasteiger partial charge in [0.1, 0.15) is 22.9 Å². The van der Waals surface area contributed by atoms with Gasteiger partial charge in [0.25, 0.3) is 5.56 Å². The molecule has 0 radical (unpaired) electrons. The molecule has 9 heteroatoms. The third-order valence-corrected chi connectivity index (χ3v) is 6.57. The van der Waals surface area contributed by atoms with E-state index in [0.29, 0.717) is 33.5 Å². The normalized spacial score (nSPS) is 10.8. The van der Waals surface area contributed by atoms with E-state index in [2.05, 4.69) is 5.32 Å². The SMILES string of the molecule is COc1ccc(-n2c3cssc-3c(NC(=O)Oc3ccc(C)cc3)c2=O)c(OC)c1. The lowest BCUT2D eigenvalue weighted by Gasteiger charge is -2.11. The highest BCUT2D eigenvalue weighted by molar-refractivity contribution is 7.70. The Bertz CT molecular complexity index is 1220. The number of methoxy groups -OCH3 is 2. The summed E-state index contributed by atoms with van der Waals surface area (Å²) in [5.74, 6) is 1.49. The summed E-state index contributed by atoms with van der Waals surface area (Å²) in [6.07, 6.45) is -0.727. The van der Waals surface area contributed by atoms with Crippen LogP contribution in [0.25, 0.3) is 16.3 Å². The summed E-state index contributed by atoms with van der Waals surface area (Å²) in [6, 6.07) is 12.3. The standard InChI is InChI=1S/C21H18N2O5S2/c1-12-4-6-13(7-5-12)28-21(25)22-18-19-16(11-29-30-19)23(20(18)24)15-9-8-14(26-2)10-17(15)27-3/h4-11H,1-3H3,(H,22,25). The highest BCUT2D eigenvalue weighted by Gasteiger charge is 2.27. The molecule has 0 saturated carbocycles. The number of nitrogens with zero attached hydrogens (tertiary/aromatic N) is 1. The number of amides is 1. The van der Waals surface area contributed by atoms with Gasteiger partial charge in [0.05, 0.1) is 30.5 Å². The highest BCUT2D eigenvalue weighted by Crippen LogP contribution is 2.40. The molecule has 0 atom stereocenters. The molecule has 2 heterocycles. The van der Waals surface area contributed by atoms with Gasteiger partial charge in [-0.05, 0) is 31.2 Å². The number of carbonyl (C=O) groups is 1. The molecular weight excluding hydrogens is 424 g/mol. The Morgan fingerprint density at radius 2 is 1.77 bits per heavy atom. The Kier molecular flexibility index (Phi) is 5.47. The molecule has 7 nitrogen and oxygen atoms in total. The summed E-state index contributed by atoms with van der Waals surface area (Å²) in [7, 11) is 5.95. The van der Waals surface area contributed by atoms with Gasteiger partial charge in [0.2, 0.25) is 0 Å². The molecule has 0 aliphatic carbocycles. The number of nitrogens with one attached hydrogen (secondary N) is 1. The first-order valence-corrected chi connectivity index (χ1v) is 11.1. The maximum Gasteiger partial charge on any atom is 0.417 e. The molecule has 0 aromatic heterocycles. The summed E-state index contributed by atoms with van der Waals surface area (Å²) in [5, 5.41) is 4.47. The lowest BCUT2D eigenvalue weighted by molar-refractivity contribution is 0.215. The lowest BCUT2D eigenvalue weighted by Crippen LogP contribution is -2.23. The molecule has 0 bridgehead atoms. The Balaban J connectivity index is 1.70. The van der Waals surface area contributed by atoms with Gasteiger partial charge in [0, 0.05) is 11.4 Å². The van der Waals surface area contributed by atoms with Crippen molar-refractivity contribution in [2.24, 2.45) is 0 Å². The molecule has 4 rings (SSSR count). The Labute approximate surface area is 179 Å². The smallest absolute Gasteiger partial charge is 0.417 e. The van der Waals surface area contributed by atoms with Crippen molar-refractivity contribution in [1.29, 1.82) is 0 Å². The van der Waals surface area contributed by atoms with Crippen LogP contribution >= 0.6 is 20.7 Å². The van der Waals surface area contributed by atoms with Gasteiger partial charge in [-0.15, -0.1) is 0 Å². The Hall–Kier alpha value is -3.30. The fraction of sp³-hybridized carbons (Fsp3) is 0.143. The van der Waals surface area contributed by atoms with Crippen molar-refractivity contribution in [3.8, 4) is 33.5 Å². The zero-order chi connectivity index (χ0) is 21.3. The Morgan fingerprint density at radius 1 is 1.03 bits per heavy atom. The average Bonchev–Trinajstić information content (AvgIpc) is 3.31. The van der Waals surface area contributed by atoms with E-state index in [1.54, 1.807) is 37.4 Å². The summed E-state index contributed by atoms with van der Waals surface area (Å²) >= 11 is 0. The number of ether oxygens (including phenoxy) is 3. The van der Waals surface area contributed by atoms with Crippen LogP contribution in [0.1, 0.15) is 5.56 Å². The third-order valence-electron chi connectivity index (χ3n) is 4.50. The van der Waals surface area contributed by atoms with Crippen LogP contribution in [0, 0.1) is 6.92 Å². The first-order valence-electron chi connectivity index (χ1n) is 8.92.